The van der Waals surface area contributed by atoms with Crippen LogP contribution in [0.4, 0.5) is 5.13 Å². The topological polar surface area (TPSA) is 94.3 Å². The molecule has 0 radical (unpaired) electrons. The van der Waals surface area contributed by atoms with E-state index in [2.05, 4.69) is 10.3 Å². The minimum Gasteiger partial charge on any atom is -0.497 e. The van der Waals surface area contributed by atoms with Crippen LogP contribution in [0.3, 0.4) is 0 Å². The van der Waals surface area contributed by atoms with E-state index in [-0.39, 0.29) is 17.6 Å². The average molecular weight is 351 g/mol. The molecule has 1 unspecified atom stereocenters. The third-order valence-electron chi connectivity index (χ3n) is 2.88. The number of aromatic nitrogens is 1. The Morgan fingerprint density at radius 2 is 2.09 bits per heavy atom. The Kier molecular flexibility index (Phi) is 6.00. The predicted molar refractivity (Wildman–Crippen MR) is 92.0 cm³/mol. The number of rotatable bonds is 7. The molecule has 2 rings (SSSR count). The third kappa shape index (κ3) is 5.26. The molecule has 2 amide bonds. The van der Waals surface area contributed by atoms with Crippen LogP contribution in [0.1, 0.15) is 12.6 Å². The maximum absolute atomic E-state index is 12.2. The highest BCUT2D eigenvalue weighted by Crippen LogP contribution is 2.26. The number of methoxy groups -OCH3 is 1. The van der Waals surface area contributed by atoms with E-state index in [0.29, 0.717) is 10.8 Å². The summed E-state index contributed by atoms with van der Waals surface area (Å²) in [5.74, 6) is 0.179. The van der Waals surface area contributed by atoms with Gasteiger partial charge in [-0.2, -0.15) is 0 Å². The minimum absolute atomic E-state index is 0.0719. The van der Waals surface area contributed by atoms with Gasteiger partial charge < -0.3 is 15.8 Å². The molecule has 3 N–H and O–H groups in total. The number of nitrogens with zero attached hydrogens (tertiary/aromatic N) is 1. The molecule has 122 valence electrons. The monoisotopic (exact) mass is 351 g/mol. The number of nitrogens with one attached hydrogen (secondary N) is 1. The van der Waals surface area contributed by atoms with Crippen LogP contribution in [0.15, 0.2) is 34.5 Å². The van der Waals surface area contributed by atoms with E-state index in [1.807, 2.05) is 31.2 Å². The molecule has 6 nitrogen and oxygen atoms in total. The second kappa shape index (κ2) is 7.98. The molecule has 8 heteroatoms. The lowest BCUT2D eigenvalue weighted by atomic mass is 10.3. The summed E-state index contributed by atoms with van der Waals surface area (Å²) in [4.78, 5) is 28.2. The van der Waals surface area contributed by atoms with Gasteiger partial charge in [-0.25, -0.2) is 4.98 Å². The van der Waals surface area contributed by atoms with E-state index in [0.717, 1.165) is 10.6 Å². The molecule has 0 spiro atoms. The van der Waals surface area contributed by atoms with E-state index >= 15 is 0 Å². The van der Waals surface area contributed by atoms with Gasteiger partial charge in [0.1, 0.15) is 5.75 Å². The molecule has 0 bridgehead atoms. The van der Waals surface area contributed by atoms with Crippen LogP contribution in [0.25, 0.3) is 0 Å². The largest absolute Gasteiger partial charge is 0.497 e. The summed E-state index contributed by atoms with van der Waals surface area (Å²) in [5, 5.41) is 4.64. The Hall–Kier alpha value is -2.06. The first-order chi connectivity index (χ1) is 11.0. The summed E-state index contributed by atoms with van der Waals surface area (Å²) < 4.78 is 5.10. The first-order valence-electron chi connectivity index (χ1n) is 6.82. The van der Waals surface area contributed by atoms with Crippen LogP contribution in [0, 0.1) is 0 Å². The van der Waals surface area contributed by atoms with Crippen molar-refractivity contribution < 1.29 is 14.3 Å². The number of hydrogen-bond donors (Lipinski definition) is 2. The Morgan fingerprint density at radius 1 is 1.39 bits per heavy atom. The minimum atomic E-state index is -0.448. The number of benzene rings is 1. The lowest BCUT2D eigenvalue weighted by molar-refractivity contribution is -0.117. The number of amides is 2. The summed E-state index contributed by atoms with van der Waals surface area (Å²) in [5.41, 5.74) is 5.68. The Labute approximate surface area is 142 Å². The molecule has 1 aromatic carbocycles. The highest BCUT2D eigenvalue weighted by Gasteiger charge is 2.16. The summed E-state index contributed by atoms with van der Waals surface area (Å²) in [7, 11) is 1.61. The van der Waals surface area contributed by atoms with Gasteiger partial charge in [-0.05, 0) is 31.2 Å². The average Bonchev–Trinajstić information content (AvgIpc) is 2.94. The van der Waals surface area contributed by atoms with Crippen molar-refractivity contribution in [3.63, 3.8) is 0 Å². The first kappa shape index (κ1) is 17.3. The normalized spacial score (nSPS) is 11.7. The molecule has 0 saturated heterocycles. The highest BCUT2D eigenvalue weighted by atomic mass is 32.2. The van der Waals surface area contributed by atoms with E-state index in [9.17, 15) is 9.59 Å². The van der Waals surface area contributed by atoms with Gasteiger partial charge in [0, 0.05) is 10.3 Å². The van der Waals surface area contributed by atoms with Gasteiger partial charge >= 0.3 is 0 Å². The lowest BCUT2D eigenvalue weighted by Crippen LogP contribution is -2.22. The smallest absolute Gasteiger partial charge is 0.239 e. The van der Waals surface area contributed by atoms with E-state index in [1.165, 1.54) is 23.1 Å². The summed E-state index contributed by atoms with van der Waals surface area (Å²) >= 11 is 2.71. The van der Waals surface area contributed by atoms with Crippen molar-refractivity contribution in [2.45, 2.75) is 23.5 Å². The van der Waals surface area contributed by atoms with E-state index in [4.69, 9.17) is 10.5 Å². The number of thioether (sulfide) groups is 1. The SMILES string of the molecule is COc1ccc(SC(C)C(=O)Nc2nc(CC(N)=O)cs2)cc1. The lowest BCUT2D eigenvalue weighted by Gasteiger charge is -2.10. The number of nitrogens with two attached hydrogens (primary N) is 1. The summed E-state index contributed by atoms with van der Waals surface area (Å²) in [6.07, 6.45) is 0.0719. The van der Waals surface area contributed by atoms with Crippen molar-refractivity contribution in [1.82, 2.24) is 4.98 Å². The van der Waals surface area contributed by atoms with Gasteiger partial charge in [0.15, 0.2) is 5.13 Å². The van der Waals surface area contributed by atoms with Gasteiger partial charge in [0.05, 0.1) is 24.5 Å². The zero-order chi connectivity index (χ0) is 16.8. The number of carbonyl (C=O) groups excluding carboxylic acids is 2. The van der Waals surface area contributed by atoms with Crippen LogP contribution in [-0.2, 0) is 16.0 Å². The summed E-state index contributed by atoms with van der Waals surface area (Å²) in [6, 6.07) is 7.51. The molecule has 0 fully saturated rings. The first-order valence-corrected chi connectivity index (χ1v) is 8.58. The van der Waals surface area contributed by atoms with Gasteiger partial charge in [-0.1, -0.05) is 0 Å². The molecule has 23 heavy (non-hydrogen) atoms. The van der Waals surface area contributed by atoms with Crippen molar-refractivity contribution in [2.75, 3.05) is 12.4 Å². The zero-order valence-electron chi connectivity index (χ0n) is 12.7. The molecule has 0 aliphatic heterocycles. The fourth-order valence-corrected chi connectivity index (χ4v) is 3.32. The summed E-state index contributed by atoms with van der Waals surface area (Å²) in [6.45, 7) is 1.82. The Morgan fingerprint density at radius 3 is 2.70 bits per heavy atom. The number of primary amides is 1. The number of carbonyl (C=O) groups is 2. The van der Waals surface area contributed by atoms with Crippen molar-refractivity contribution in [2.24, 2.45) is 5.73 Å². The van der Waals surface area contributed by atoms with E-state index < -0.39 is 5.91 Å². The van der Waals surface area contributed by atoms with Gasteiger partial charge in [0.25, 0.3) is 0 Å². The fraction of sp³-hybridized carbons (Fsp3) is 0.267. The molecule has 1 atom stereocenters. The number of hydrogen-bond acceptors (Lipinski definition) is 6. The van der Waals surface area contributed by atoms with Crippen molar-refractivity contribution in [3.8, 4) is 5.75 Å². The van der Waals surface area contributed by atoms with Crippen molar-refractivity contribution in [1.29, 1.82) is 0 Å². The zero-order valence-corrected chi connectivity index (χ0v) is 14.4. The molecular formula is C15H17N3O3S2. The third-order valence-corrected chi connectivity index (χ3v) is 4.80. The standard InChI is InChI=1S/C15H17N3O3S2/c1-9(23-12-5-3-11(21-2)4-6-12)14(20)18-15-17-10(8-22-15)7-13(16)19/h3-6,8-9H,7H2,1-2H3,(H2,16,19)(H,17,18,20). The fourth-order valence-electron chi connectivity index (χ4n) is 1.74. The second-order valence-corrected chi connectivity index (χ2v) is 6.98. The van der Waals surface area contributed by atoms with Crippen LogP contribution in [-0.4, -0.2) is 29.2 Å². The van der Waals surface area contributed by atoms with Crippen molar-refractivity contribution in [3.05, 3.63) is 35.3 Å². The van der Waals surface area contributed by atoms with Crippen LogP contribution in [0.2, 0.25) is 0 Å². The molecule has 1 aromatic heterocycles. The molecule has 2 aromatic rings. The number of anilines is 1. The predicted octanol–water partition coefficient (Wildman–Crippen LogP) is 2.30. The van der Waals surface area contributed by atoms with Crippen LogP contribution in [0.5, 0.6) is 5.75 Å². The van der Waals surface area contributed by atoms with Gasteiger partial charge in [0.2, 0.25) is 11.8 Å². The second-order valence-electron chi connectivity index (χ2n) is 4.71. The number of thiazole rings is 1. The quantitative estimate of drug-likeness (QED) is 0.747. The maximum Gasteiger partial charge on any atom is 0.239 e. The molecule has 0 aliphatic carbocycles. The van der Waals surface area contributed by atoms with Crippen LogP contribution < -0.4 is 15.8 Å². The number of ether oxygens (including phenoxy) is 1. The Balaban J connectivity index is 1.91. The van der Waals surface area contributed by atoms with Gasteiger partial charge in [-0.15, -0.1) is 23.1 Å². The maximum atomic E-state index is 12.2. The highest BCUT2D eigenvalue weighted by molar-refractivity contribution is 8.00. The van der Waals surface area contributed by atoms with E-state index in [1.54, 1.807) is 12.5 Å². The van der Waals surface area contributed by atoms with Gasteiger partial charge in [-0.3, -0.25) is 9.59 Å². The molecular weight excluding hydrogens is 334 g/mol. The van der Waals surface area contributed by atoms with Crippen molar-refractivity contribution >= 4 is 40.0 Å². The molecule has 1 heterocycles. The van der Waals surface area contributed by atoms with Crippen LogP contribution >= 0.6 is 23.1 Å². The Bertz CT molecular complexity index is 686. The molecule has 0 aliphatic rings. The molecule has 0 saturated carbocycles.